The van der Waals surface area contributed by atoms with Crippen LogP contribution in [0.5, 0.6) is 0 Å². The van der Waals surface area contributed by atoms with Crippen LogP contribution in [-0.2, 0) is 0 Å². The van der Waals surface area contributed by atoms with Gasteiger partial charge in [0.25, 0.3) is 6.09 Å². The summed E-state index contributed by atoms with van der Waals surface area (Å²) in [5, 5.41) is 36.6. The predicted octanol–water partition coefficient (Wildman–Crippen LogP) is -2.88. The minimum Gasteiger partial charge on any atom is -0.498 e. The fourth-order valence-corrected chi connectivity index (χ4v) is 1.18. The summed E-state index contributed by atoms with van der Waals surface area (Å²) >= 11 is 0. The maximum Gasteiger partial charge on any atom is 0.257 e. The van der Waals surface area contributed by atoms with E-state index in [4.69, 9.17) is 15.3 Å². The Morgan fingerprint density at radius 2 is 1.31 bits per heavy atom. The molecule has 1 amide bonds. The van der Waals surface area contributed by atoms with Gasteiger partial charge in [0.1, 0.15) is 19.6 Å². The number of aliphatic hydroxyl groups is 3. The average molecular weight is 193 g/mol. The highest BCUT2D eigenvalue weighted by molar-refractivity contribution is 5.54. The number of carbonyl (C=O) groups excluding carboxylic acids is 1. The maximum absolute atomic E-state index is 10.7. The lowest BCUT2D eigenvalue weighted by Gasteiger charge is -2.36. The normalized spacial score (nSPS) is 11.6. The van der Waals surface area contributed by atoms with E-state index in [1.165, 1.54) is 0 Å². The van der Waals surface area contributed by atoms with Gasteiger partial charge in [-0.2, -0.15) is 0 Å². The van der Waals surface area contributed by atoms with Crippen LogP contribution in [0.3, 0.4) is 0 Å². The van der Waals surface area contributed by atoms with Crippen LogP contribution < -0.4 is 5.11 Å². The third-order valence-corrected chi connectivity index (χ3v) is 1.97. The van der Waals surface area contributed by atoms with E-state index in [9.17, 15) is 9.90 Å². The van der Waals surface area contributed by atoms with Crippen LogP contribution in [0.15, 0.2) is 0 Å². The summed E-state index contributed by atoms with van der Waals surface area (Å²) in [5.41, 5.74) is 0. The van der Waals surface area contributed by atoms with E-state index in [1.54, 1.807) is 0 Å². The van der Waals surface area contributed by atoms with Gasteiger partial charge in [-0.25, -0.2) is 0 Å². The lowest BCUT2D eigenvalue weighted by molar-refractivity contribution is -0.877. The summed E-state index contributed by atoms with van der Waals surface area (Å²) in [4.78, 5) is 10.7. The van der Waals surface area contributed by atoms with E-state index in [1.807, 2.05) is 0 Å². The van der Waals surface area contributed by atoms with Gasteiger partial charge in [-0.3, -0.25) is 4.48 Å². The molecule has 0 aromatic carbocycles. The molecule has 0 aromatic rings. The number of carbonyl (C=O) groups is 1. The topological polar surface area (TPSA) is 101 Å². The highest BCUT2D eigenvalue weighted by Crippen LogP contribution is 2.04. The van der Waals surface area contributed by atoms with Gasteiger partial charge in [0.2, 0.25) is 0 Å². The first-order valence-electron chi connectivity index (χ1n) is 4.03. The Kier molecular flexibility index (Phi) is 5.56. The number of hydrogen-bond acceptors (Lipinski definition) is 5. The van der Waals surface area contributed by atoms with Gasteiger partial charge in [-0.1, -0.05) is 0 Å². The third-order valence-electron chi connectivity index (χ3n) is 1.97. The van der Waals surface area contributed by atoms with Gasteiger partial charge < -0.3 is 25.2 Å². The van der Waals surface area contributed by atoms with E-state index >= 15 is 0 Å². The molecule has 0 aliphatic carbocycles. The van der Waals surface area contributed by atoms with E-state index in [0.717, 1.165) is 0 Å². The second-order valence-corrected chi connectivity index (χ2v) is 2.75. The van der Waals surface area contributed by atoms with Crippen molar-refractivity contribution in [2.24, 2.45) is 0 Å². The largest absolute Gasteiger partial charge is 0.498 e. The number of hydrogen-bond donors (Lipinski definition) is 3. The van der Waals surface area contributed by atoms with Crippen molar-refractivity contribution in [2.45, 2.75) is 0 Å². The van der Waals surface area contributed by atoms with Gasteiger partial charge in [0.05, 0.1) is 19.8 Å². The molecular formula is C7H15NO5. The van der Waals surface area contributed by atoms with Crippen LogP contribution in [0.2, 0.25) is 0 Å². The van der Waals surface area contributed by atoms with E-state index in [-0.39, 0.29) is 39.5 Å². The smallest absolute Gasteiger partial charge is 0.257 e. The first-order valence-corrected chi connectivity index (χ1v) is 4.03. The Morgan fingerprint density at radius 1 is 1.00 bits per heavy atom. The molecule has 0 fully saturated rings. The van der Waals surface area contributed by atoms with Crippen molar-refractivity contribution in [1.82, 2.24) is 0 Å². The van der Waals surface area contributed by atoms with Gasteiger partial charge in [0.15, 0.2) is 0 Å². The first-order chi connectivity index (χ1) is 6.13. The second-order valence-electron chi connectivity index (χ2n) is 2.75. The predicted molar refractivity (Wildman–Crippen MR) is 41.5 cm³/mol. The standard InChI is InChI=1S/C7H15NO5/c9-4-1-8(2-5-10,3-6-11)7(12)13/h9-11H,1-6H2. The molecule has 0 saturated heterocycles. The van der Waals surface area contributed by atoms with Crippen LogP contribution in [0.4, 0.5) is 4.79 Å². The van der Waals surface area contributed by atoms with Gasteiger partial charge in [-0.15, -0.1) is 0 Å². The fraction of sp³-hybridized carbons (Fsp3) is 0.857. The minimum atomic E-state index is -1.39. The molecule has 0 aromatic heterocycles. The molecule has 0 saturated carbocycles. The fourth-order valence-electron chi connectivity index (χ4n) is 1.18. The summed E-state index contributed by atoms with van der Waals surface area (Å²) in [6, 6.07) is 0. The van der Waals surface area contributed by atoms with Crippen molar-refractivity contribution in [2.75, 3.05) is 39.5 Å². The molecule has 78 valence electrons. The Hall–Kier alpha value is -0.690. The Labute approximate surface area is 76.2 Å². The van der Waals surface area contributed by atoms with Crippen LogP contribution in [-0.4, -0.2) is 65.4 Å². The number of aliphatic hydroxyl groups excluding tert-OH is 3. The van der Waals surface area contributed by atoms with E-state index < -0.39 is 10.6 Å². The van der Waals surface area contributed by atoms with Crippen molar-refractivity contribution < 1.29 is 29.7 Å². The Bertz CT molecular complexity index is 144. The highest BCUT2D eigenvalue weighted by atomic mass is 16.4. The maximum atomic E-state index is 10.7. The zero-order valence-electron chi connectivity index (χ0n) is 7.35. The number of rotatable bonds is 6. The van der Waals surface area contributed by atoms with Crippen LogP contribution >= 0.6 is 0 Å². The van der Waals surface area contributed by atoms with Crippen molar-refractivity contribution in [3.8, 4) is 0 Å². The highest BCUT2D eigenvalue weighted by Gasteiger charge is 2.28. The van der Waals surface area contributed by atoms with Crippen LogP contribution in [0, 0.1) is 0 Å². The monoisotopic (exact) mass is 193 g/mol. The SMILES string of the molecule is O=C([O-])[N+](CCO)(CCO)CCO. The number of nitrogens with zero attached hydrogens (tertiary/aromatic N) is 1. The molecule has 0 radical (unpaired) electrons. The van der Waals surface area contributed by atoms with Gasteiger partial charge in [-0.05, 0) is 0 Å². The molecule has 0 aliphatic heterocycles. The average Bonchev–Trinajstić information content (AvgIpc) is 2.05. The first kappa shape index (κ1) is 12.3. The van der Waals surface area contributed by atoms with Crippen LogP contribution in [0.1, 0.15) is 0 Å². The minimum absolute atomic E-state index is 0.0660. The van der Waals surface area contributed by atoms with Gasteiger partial charge >= 0.3 is 0 Å². The molecule has 0 bridgehead atoms. The molecule has 0 unspecified atom stereocenters. The van der Waals surface area contributed by atoms with E-state index in [2.05, 4.69) is 0 Å². The van der Waals surface area contributed by atoms with Gasteiger partial charge in [0, 0.05) is 0 Å². The van der Waals surface area contributed by atoms with Crippen molar-refractivity contribution in [1.29, 1.82) is 0 Å². The van der Waals surface area contributed by atoms with Crippen molar-refractivity contribution >= 4 is 6.09 Å². The molecule has 0 spiro atoms. The summed E-state index contributed by atoms with van der Waals surface area (Å²) in [5.74, 6) is 0. The Balaban J connectivity index is 4.48. The molecule has 0 atom stereocenters. The quantitative estimate of drug-likeness (QED) is 0.393. The Morgan fingerprint density at radius 3 is 1.46 bits per heavy atom. The summed E-state index contributed by atoms with van der Waals surface area (Å²) in [6.07, 6.45) is -1.39. The number of carboxylic acid groups (broad SMARTS) is 1. The molecule has 0 heterocycles. The van der Waals surface area contributed by atoms with Crippen LogP contribution in [0.25, 0.3) is 0 Å². The summed E-state index contributed by atoms with van der Waals surface area (Å²) < 4.78 is -0.608. The molecule has 13 heavy (non-hydrogen) atoms. The van der Waals surface area contributed by atoms with Crippen molar-refractivity contribution in [3.05, 3.63) is 0 Å². The number of quaternary nitrogens is 1. The third kappa shape index (κ3) is 3.27. The lowest BCUT2D eigenvalue weighted by atomic mass is 10.3. The second kappa shape index (κ2) is 5.87. The molecule has 6 nitrogen and oxygen atoms in total. The van der Waals surface area contributed by atoms with E-state index in [0.29, 0.717) is 0 Å². The molecule has 6 heteroatoms. The zero-order valence-corrected chi connectivity index (χ0v) is 7.35. The summed E-state index contributed by atoms with van der Waals surface area (Å²) in [7, 11) is 0. The molecule has 0 rings (SSSR count). The molecular weight excluding hydrogens is 178 g/mol. The molecule has 0 aliphatic rings. The zero-order chi connectivity index (χ0) is 10.3. The lowest BCUT2D eigenvalue weighted by Crippen LogP contribution is -2.62. The number of amides is 1. The van der Waals surface area contributed by atoms with Crippen molar-refractivity contribution in [3.63, 3.8) is 0 Å². The summed E-state index contributed by atoms with van der Waals surface area (Å²) in [6.45, 7) is -1.17. The molecule has 3 N–H and O–H groups in total.